The number of fused-ring (bicyclic) bond motifs is 2. The van der Waals surface area contributed by atoms with E-state index in [-0.39, 0.29) is 31.6 Å². The first-order valence-electron chi connectivity index (χ1n) is 17.0. The second-order valence-corrected chi connectivity index (χ2v) is 14.2. The van der Waals surface area contributed by atoms with E-state index in [1.54, 1.807) is 39.0 Å². The lowest BCUT2D eigenvalue weighted by molar-refractivity contribution is -0.155. The molecule has 0 aromatic heterocycles. The van der Waals surface area contributed by atoms with Crippen molar-refractivity contribution in [1.29, 1.82) is 0 Å². The molecule has 9 unspecified atom stereocenters. The fourth-order valence-electron chi connectivity index (χ4n) is 6.34. The van der Waals surface area contributed by atoms with Crippen molar-refractivity contribution in [2.45, 2.75) is 121 Å². The maximum absolute atomic E-state index is 13.4. The van der Waals surface area contributed by atoms with Gasteiger partial charge < -0.3 is 44.5 Å². The molecule has 2 heterocycles. The van der Waals surface area contributed by atoms with Gasteiger partial charge in [0.2, 0.25) is 11.8 Å². The molecule has 0 spiro atoms. The molecular formula is C36H48N2O11. The summed E-state index contributed by atoms with van der Waals surface area (Å²) < 4.78 is 28.0. The maximum atomic E-state index is 13.4. The van der Waals surface area contributed by atoms with E-state index in [1.807, 2.05) is 12.1 Å². The van der Waals surface area contributed by atoms with E-state index in [0.717, 1.165) is 24.8 Å². The first kappa shape index (κ1) is 36.7. The molecule has 9 atom stereocenters. The van der Waals surface area contributed by atoms with Crippen molar-refractivity contribution < 1.29 is 53.1 Å². The van der Waals surface area contributed by atoms with Crippen LogP contribution in [0.1, 0.15) is 82.1 Å². The number of allylic oxidation sites excluding steroid dienone is 1. The Kier molecular flexibility index (Phi) is 11.9. The van der Waals surface area contributed by atoms with Gasteiger partial charge in [-0.05, 0) is 83.1 Å². The summed E-state index contributed by atoms with van der Waals surface area (Å²) >= 11 is 0. The summed E-state index contributed by atoms with van der Waals surface area (Å²) in [7, 11) is 0. The fourth-order valence-corrected chi connectivity index (χ4v) is 6.34. The highest BCUT2D eigenvalue weighted by atomic mass is 16.7. The maximum Gasteiger partial charge on any atom is 0.338 e. The van der Waals surface area contributed by atoms with E-state index in [9.17, 15) is 29.4 Å². The minimum Gasteiger partial charge on any atom is -0.460 e. The smallest absolute Gasteiger partial charge is 0.338 e. The highest BCUT2D eigenvalue weighted by Crippen LogP contribution is 2.40. The van der Waals surface area contributed by atoms with Gasteiger partial charge in [0.25, 0.3) is 0 Å². The first-order valence-corrected chi connectivity index (χ1v) is 17.0. The fraction of sp³-hybridized carbons (Fsp3) is 0.611. The largest absolute Gasteiger partial charge is 0.460 e. The quantitative estimate of drug-likeness (QED) is 0.177. The Balaban J connectivity index is 1.16. The van der Waals surface area contributed by atoms with Crippen LogP contribution in [-0.2, 0) is 38.1 Å². The van der Waals surface area contributed by atoms with Crippen LogP contribution in [0.4, 0.5) is 0 Å². The minimum absolute atomic E-state index is 0.0147. The van der Waals surface area contributed by atoms with Gasteiger partial charge in [-0.15, -0.1) is 0 Å². The number of rotatable bonds is 13. The Morgan fingerprint density at radius 1 is 1.06 bits per heavy atom. The first-order chi connectivity index (χ1) is 23.3. The Bertz CT molecular complexity index is 1420. The van der Waals surface area contributed by atoms with Crippen LogP contribution < -0.4 is 10.6 Å². The van der Waals surface area contributed by atoms with Gasteiger partial charge in [-0.1, -0.05) is 24.3 Å². The topological polar surface area (TPSA) is 182 Å². The zero-order valence-corrected chi connectivity index (χ0v) is 28.5. The lowest BCUT2D eigenvalue weighted by Crippen LogP contribution is -2.55. The molecule has 13 heteroatoms. The van der Waals surface area contributed by atoms with Gasteiger partial charge in [-0.2, -0.15) is 0 Å². The van der Waals surface area contributed by atoms with Crippen LogP contribution in [0.2, 0.25) is 0 Å². The van der Waals surface area contributed by atoms with Crippen molar-refractivity contribution in [1.82, 2.24) is 10.6 Å². The number of esters is 2. The summed E-state index contributed by atoms with van der Waals surface area (Å²) in [5.74, 6) is -1.99. The third-order valence-electron chi connectivity index (χ3n) is 9.03. The standard InChI is InChI=1S/C36H48N2O11/c1-20(40)31(34(43)37-25(18-39)12-14-30(41)49-36(2,3)4)38-33(42)24-16-28-32(46-19-45-28)29(17-24)48-35(44)23-10-7-21(8-11-23)5-6-22-9-13-26-27(15-22)47-26/h5-8,10-11,16,20,22,25-29,31-32,39-40H,9,12-15,17-19H2,1-4H3,(H,37,43)(H,38,42). The van der Waals surface area contributed by atoms with E-state index >= 15 is 0 Å². The molecule has 2 amide bonds. The molecule has 49 heavy (non-hydrogen) atoms. The van der Waals surface area contributed by atoms with Crippen molar-refractivity contribution in [3.05, 3.63) is 53.1 Å². The summed E-state index contributed by atoms with van der Waals surface area (Å²) in [6, 6.07) is 4.89. The molecule has 0 bridgehead atoms. The molecule has 3 fully saturated rings. The number of ether oxygens (including phenoxy) is 5. The van der Waals surface area contributed by atoms with Gasteiger partial charge in [-0.3, -0.25) is 14.4 Å². The summed E-state index contributed by atoms with van der Waals surface area (Å²) in [5.41, 5.74) is 0.826. The molecule has 4 N–H and O–H groups in total. The lowest BCUT2D eigenvalue weighted by Gasteiger charge is -2.31. The van der Waals surface area contributed by atoms with E-state index < -0.39 is 72.5 Å². The summed E-state index contributed by atoms with van der Waals surface area (Å²) in [5, 5.41) is 25.3. The van der Waals surface area contributed by atoms with Gasteiger partial charge in [-0.25, -0.2) is 4.79 Å². The van der Waals surface area contributed by atoms with Crippen LogP contribution in [0.25, 0.3) is 6.08 Å². The van der Waals surface area contributed by atoms with Gasteiger partial charge in [0.05, 0.1) is 36.5 Å². The number of carbonyl (C=O) groups excluding carboxylic acids is 4. The van der Waals surface area contributed by atoms with Crippen LogP contribution in [0.15, 0.2) is 42.0 Å². The predicted octanol–water partition coefficient (Wildman–Crippen LogP) is 2.33. The highest BCUT2D eigenvalue weighted by Gasteiger charge is 2.44. The number of amides is 2. The number of epoxide rings is 1. The lowest BCUT2D eigenvalue weighted by atomic mass is 9.89. The normalized spacial score (nSPS) is 27.9. The molecular weight excluding hydrogens is 636 g/mol. The molecule has 1 aromatic rings. The van der Waals surface area contributed by atoms with Gasteiger partial charge in [0.15, 0.2) is 0 Å². The van der Waals surface area contributed by atoms with Crippen molar-refractivity contribution in [2.75, 3.05) is 13.4 Å². The van der Waals surface area contributed by atoms with E-state index in [4.69, 9.17) is 23.7 Å². The number of nitrogens with one attached hydrogen (secondary N) is 2. The molecule has 13 nitrogen and oxygen atoms in total. The third kappa shape index (κ3) is 10.2. The Morgan fingerprint density at radius 3 is 2.49 bits per heavy atom. The number of hydrogen-bond acceptors (Lipinski definition) is 11. The minimum atomic E-state index is -1.38. The molecule has 0 radical (unpaired) electrons. The average Bonchev–Trinajstić information content (AvgIpc) is 3.67. The summed E-state index contributed by atoms with van der Waals surface area (Å²) in [6.07, 6.45) is 6.52. The zero-order chi connectivity index (χ0) is 35.3. The number of hydrogen-bond donors (Lipinski definition) is 4. The van der Waals surface area contributed by atoms with Crippen LogP contribution in [-0.4, -0.2) is 102 Å². The molecule has 1 aromatic carbocycles. The summed E-state index contributed by atoms with van der Waals surface area (Å²) in [6.45, 7) is 6.04. The average molecular weight is 685 g/mol. The Hall–Kier alpha value is -3.62. The van der Waals surface area contributed by atoms with Crippen molar-refractivity contribution in [3.63, 3.8) is 0 Å². The Morgan fingerprint density at radius 2 is 1.82 bits per heavy atom. The van der Waals surface area contributed by atoms with E-state index in [1.165, 1.54) is 6.92 Å². The van der Waals surface area contributed by atoms with Crippen LogP contribution in [0, 0.1) is 5.92 Å². The van der Waals surface area contributed by atoms with Crippen molar-refractivity contribution in [3.8, 4) is 0 Å². The Labute approximate surface area is 286 Å². The van der Waals surface area contributed by atoms with Gasteiger partial charge in [0.1, 0.15) is 36.7 Å². The number of carbonyl (C=O) groups is 4. The highest BCUT2D eigenvalue weighted by molar-refractivity contribution is 5.97. The molecule has 2 aliphatic carbocycles. The molecule has 4 aliphatic rings. The van der Waals surface area contributed by atoms with Crippen LogP contribution in [0.3, 0.4) is 0 Å². The SMILES string of the molecule is CC(O)C(NC(=O)C1=CC2OCOC2C(OC(=O)c2ccc(C=CC3CCC4OC4C3)cc2)C1)C(=O)NC(CO)CCC(=O)OC(C)(C)C. The second-order valence-electron chi connectivity index (χ2n) is 14.2. The van der Waals surface area contributed by atoms with Gasteiger partial charge >= 0.3 is 11.9 Å². The molecule has 5 rings (SSSR count). The molecule has 2 aliphatic heterocycles. The van der Waals surface area contributed by atoms with E-state index in [2.05, 4.69) is 22.8 Å². The second kappa shape index (κ2) is 15.9. The monoisotopic (exact) mass is 684 g/mol. The molecule has 2 saturated heterocycles. The molecule has 268 valence electrons. The van der Waals surface area contributed by atoms with Crippen molar-refractivity contribution in [2.24, 2.45) is 5.92 Å². The van der Waals surface area contributed by atoms with E-state index in [0.29, 0.717) is 23.7 Å². The van der Waals surface area contributed by atoms with Crippen LogP contribution in [0.5, 0.6) is 0 Å². The van der Waals surface area contributed by atoms with Gasteiger partial charge in [0, 0.05) is 18.4 Å². The number of aliphatic hydroxyl groups excluding tert-OH is 2. The predicted molar refractivity (Wildman–Crippen MR) is 176 cm³/mol. The zero-order valence-electron chi connectivity index (χ0n) is 28.5. The van der Waals surface area contributed by atoms with Crippen molar-refractivity contribution >= 4 is 29.8 Å². The molecule has 1 saturated carbocycles. The summed E-state index contributed by atoms with van der Waals surface area (Å²) in [4.78, 5) is 51.8. The van der Waals surface area contributed by atoms with Crippen LogP contribution >= 0.6 is 0 Å². The number of aliphatic hydroxyl groups is 2. The third-order valence-corrected chi connectivity index (χ3v) is 9.03. The number of benzene rings is 1.